The highest BCUT2D eigenvalue weighted by Gasteiger charge is 1.99. The quantitative estimate of drug-likeness (QED) is 0.403. The van der Waals surface area contributed by atoms with E-state index in [1.165, 1.54) is 6.20 Å². The van der Waals surface area contributed by atoms with Gasteiger partial charge in [0, 0.05) is 6.20 Å². The Kier molecular flexibility index (Phi) is 2.18. The van der Waals surface area contributed by atoms with Gasteiger partial charge in [0.05, 0.1) is 3.57 Å². The minimum Gasteiger partial charge on any atom is -0.225 e. The number of rotatable bonds is 0. The molecule has 9 heavy (non-hydrogen) atoms. The summed E-state index contributed by atoms with van der Waals surface area (Å²) in [5.41, 5.74) is 0. The Balaban J connectivity index is 3.17. The van der Waals surface area contributed by atoms with Crippen LogP contribution in [0, 0.1) is 9.52 Å². The van der Waals surface area contributed by atoms with Crippen molar-refractivity contribution in [3.05, 3.63) is 21.0 Å². The van der Waals surface area contributed by atoms with Gasteiger partial charge in [0.25, 0.3) is 0 Å². The van der Waals surface area contributed by atoms with Gasteiger partial charge in [0.1, 0.15) is 0 Å². The molecule has 1 aromatic rings. The Morgan fingerprint density at radius 3 is 2.78 bits per heavy atom. The molecule has 0 radical (unpaired) electrons. The van der Waals surface area contributed by atoms with Crippen LogP contribution in [0.15, 0.2) is 6.20 Å². The van der Waals surface area contributed by atoms with Crippen molar-refractivity contribution >= 4 is 34.2 Å². The van der Waals surface area contributed by atoms with Gasteiger partial charge in [-0.2, -0.15) is 9.37 Å². The van der Waals surface area contributed by atoms with Crippen LogP contribution in [0.2, 0.25) is 5.28 Å². The van der Waals surface area contributed by atoms with E-state index in [0.29, 0.717) is 3.57 Å². The zero-order valence-electron chi connectivity index (χ0n) is 4.11. The highest BCUT2D eigenvalue weighted by atomic mass is 127. The van der Waals surface area contributed by atoms with Gasteiger partial charge < -0.3 is 0 Å². The SMILES string of the molecule is Fc1nc(Cl)ncc1I. The first-order valence-corrected chi connectivity index (χ1v) is 3.49. The average molecular weight is 258 g/mol. The monoisotopic (exact) mass is 258 g/mol. The van der Waals surface area contributed by atoms with Gasteiger partial charge in [-0.25, -0.2) is 4.98 Å². The van der Waals surface area contributed by atoms with Crippen LogP contribution in [-0.2, 0) is 0 Å². The van der Waals surface area contributed by atoms with Crippen LogP contribution in [0.3, 0.4) is 0 Å². The van der Waals surface area contributed by atoms with E-state index in [0.717, 1.165) is 0 Å². The number of halogens is 3. The summed E-state index contributed by atoms with van der Waals surface area (Å²) in [6.45, 7) is 0. The molecule has 0 amide bonds. The second-order valence-corrected chi connectivity index (χ2v) is 2.78. The molecule has 0 N–H and O–H groups in total. The molecule has 0 aromatic carbocycles. The molecule has 0 spiro atoms. The fourth-order valence-electron chi connectivity index (χ4n) is 0.326. The van der Waals surface area contributed by atoms with Crippen LogP contribution in [0.1, 0.15) is 0 Å². The summed E-state index contributed by atoms with van der Waals surface area (Å²) in [4.78, 5) is 6.80. The summed E-state index contributed by atoms with van der Waals surface area (Å²) in [6.07, 6.45) is 1.32. The van der Waals surface area contributed by atoms with Crippen LogP contribution in [0.4, 0.5) is 4.39 Å². The second kappa shape index (κ2) is 2.74. The van der Waals surface area contributed by atoms with Crippen molar-refractivity contribution in [1.82, 2.24) is 9.97 Å². The first kappa shape index (κ1) is 7.14. The number of hydrogen-bond donors (Lipinski definition) is 0. The summed E-state index contributed by atoms with van der Waals surface area (Å²) in [5, 5.41) is -0.0621. The van der Waals surface area contributed by atoms with Crippen LogP contribution in [0.25, 0.3) is 0 Å². The fourth-order valence-corrected chi connectivity index (χ4v) is 0.709. The summed E-state index contributed by atoms with van der Waals surface area (Å²) in [7, 11) is 0. The van der Waals surface area contributed by atoms with E-state index < -0.39 is 5.95 Å². The molecule has 0 aliphatic rings. The van der Waals surface area contributed by atoms with E-state index in [-0.39, 0.29) is 5.28 Å². The largest absolute Gasteiger partial charge is 0.230 e. The van der Waals surface area contributed by atoms with Crippen molar-refractivity contribution in [3.63, 3.8) is 0 Å². The minimum atomic E-state index is -0.574. The topological polar surface area (TPSA) is 25.8 Å². The number of aromatic nitrogens is 2. The molecule has 0 saturated carbocycles. The zero-order chi connectivity index (χ0) is 6.85. The van der Waals surface area contributed by atoms with Crippen molar-refractivity contribution < 1.29 is 4.39 Å². The molecule has 2 nitrogen and oxygen atoms in total. The average Bonchev–Trinajstić information content (AvgIpc) is 1.80. The normalized spacial score (nSPS) is 9.67. The van der Waals surface area contributed by atoms with Crippen molar-refractivity contribution in [2.75, 3.05) is 0 Å². The summed E-state index contributed by atoms with van der Waals surface area (Å²) in [6, 6.07) is 0. The Bertz CT molecular complexity index is 230. The van der Waals surface area contributed by atoms with Crippen molar-refractivity contribution in [1.29, 1.82) is 0 Å². The lowest BCUT2D eigenvalue weighted by molar-refractivity contribution is 0.571. The van der Waals surface area contributed by atoms with Crippen LogP contribution < -0.4 is 0 Å². The highest BCUT2D eigenvalue weighted by molar-refractivity contribution is 14.1. The molecule has 0 aliphatic carbocycles. The van der Waals surface area contributed by atoms with E-state index >= 15 is 0 Å². The van der Waals surface area contributed by atoms with Crippen molar-refractivity contribution in [2.45, 2.75) is 0 Å². The predicted octanol–water partition coefficient (Wildman–Crippen LogP) is 1.87. The number of hydrogen-bond acceptors (Lipinski definition) is 2. The van der Waals surface area contributed by atoms with Crippen LogP contribution in [-0.4, -0.2) is 9.97 Å². The fraction of sp³-hybridized carbons (Fsp3) is 0. The molecule has 0 unspecified atom stereocenters. The first-order chi connectivity index (χ1) is 4.20. The van der Waals surface area contributed by atoms with E-state index in [4.69, 9.17) is 11.6 Å². The second-order valence-electron chi connectivity index (χ2n) is 1.28. The van der Waals surface area contributed by atoms with Crippen molar-refractivity contribution in [3.8, 4) is 0 Å². The van der Waals surface area contributed by atoms with E-state index in [2.05, 4.69) is 9.97 Å². The third-order valence-electron chi connectivity index (χ3n) is 0.672. The predicted molar refractivity (Wildman–Crippen MR) is 39.7 cm³/mol. The summed E-state index contributed by atoms with van der Waals surface area (Å²) in [5.74, 6) is -0.574. The molecule has 5 heteroatoms. The molecule has 1 rings (SSSR count). The third-order valence-corrected chi connectivity index (χ3v) is 1.58. The Morgan fingerprint density at radius 2 is 2.33 bits per heavy atom. The molecule has 1 aromatic heterocycles. The summed E-state index contributed by atoms with van der Waals surface area (Å²) < 4.78 is 12.7. The standard InChI is InChI=1S/C4HClFIN2/c5-4-8-1-2(7)3(6)9-4/h1H. The lowest BCUT2D eigenvalue weighted by Crippen LogP contribution is -1.89. The molecule has 0 saturated heterocycles. The van der Waals surface area contributed by atoms with Gasteiger partial charge in [-0.3, -0.25) is 0 Å². The van der Waals surface area contributed by atoms with Gasteiger partial charge in [-0.15, -0.1) is 0 Å². The van der Waals surface area contributed by atoms with Gasteiger partial charge in [-0.1, -0.05) is 0 Å². The maximum atomic E-state index is 12.3. The zero-order valence-corrected chi connectivity index (χ0v) is 7.02. The summed E-state index contributed by atoms with van der Waals surface area (Å²) >= 11 is 7.03. The van der Waals surface area contributed by atoms with Gasteiger partial charge in [0.15, 0.2) is 0 Å². The lowest BCUT2D eigenvalue weighted by atomic mass is 10.7. The van der Waals surface area contributed by atoms with E-state index in [1.54, 1.807) is 22.6 Å². The van der Waals surface area contributed by atoms with Gasteiger partial charge in [0.2, 0.25) is 11.2 Å². The molecule has 0 fully saturated rings. The molecule has 48 valence electrons. The highest BCUT2D eigenvalue weighted by Crippen LogP contribution is 2.08. The van der Waals surface area contributed by atoms with Crippen LogP contribution >= 0.6 is 34.2 Å². The third kappa shape index (κ3) is 1.72. The number of nitrogens with zero attached hydrogens (tertiary/aromatic N) is 2. The minimum absolute atomic E-state index is 0.0621. The molecule has 0 atom stereocenters. The maximum Gasteiger partial charge on any atom is 0.230 e. The molecule has 0 bridgehead atoms. The molecular weight excluding hydrogens is 257 g/mol. The van der Waals surface area contributed by atoms with E-state index in [9.17, 15) is 4.39 Å². The maximum absolute atomic E-state index is 12.3. The smallest absolute Gasteiger partial charge is 0.225 e. The molecule has 1 heterocycles. The van der Waals surface area contributed by atoms with Crippen molar-refractivity contribution in [2.24, 2.45) is 0 Å². The van der Waals surface area contributed by atoms with Gasteiger partial charge >= 0.3 is 0 Å². The lowest BCUT2D eigenvalue weighted by Gasteiger charge is -1.89. The van der Waals surface area contributed by atoms with Crippen LogP contribution in [0.5, 0.6) is 0 Å². The molecular formula is C4HClFIN2. The van der Waals surface area contributed by atoms with Gasteiger partial charge in [-0.05, 0) is 34.2 Å². The Labute approximate surface area is 69.6 Å². The first-order valence-electron chi connectivity index (χ1n) is 2.03. The molecule has 0 aliphatic heterocycles. The Hall–Kier alpha value is 0.0300. The van der Waals surface area contributed by atoms with E-state index in [1.807, 2.05) is 0 Å². The Morgan fingerprint density at radius 1 is 1.67 bits per heavy atom.